The Kier molecular flexibility index (Phi) is 4.13. The van der Waals surface area contributed by atoms with Crippen LogP contribution in [0, 0.1) is 0 Å². The van der Waals surface area contributed by atoms with E-state index in [1.54, 1.807) is 0 Å². The van der Waals surface area contributed by atoms with Crippen molar-refractivity contribution in [2.24, 2.45) is 0 Å². The molecule has 1 saturated heterocycles. The Hall–Kier alpha value is -1.38. The van der Waals surface area contributed by atoms with Crippen molar-refractivity contribution >= 4 is 5.91 Å². The minimum Gasteiger partial charge on any atom is -0.334 e. The van der Waals surface area contributed by atoms with Gasteiger partial charge in [0, 0.05) is 24.7 Å². The highest BCUT2D eigenvalue weighted by Gasteiger charge is 2.26. The molecule has 1 amide bonds. The van der Waals surface area contributed by atoms with Crippen molar-refractivity contribution < 1.29 is 9.36 Å². The van der Waals surface area contributed by atoms with Crippen LogP contribution in [0.3, 0.4) is 0 Å². The van der Waals surface area contributed by atoms with E-state index in [0.717, 1.165) is 19.4 Å². The molecule has 17 heavy (non-hydrogen) atoms. The van der Waals surface area contributed by atoms with Crippen LogP contribution in [0.1, 0.15) is 32.6 Å². The van der Waals surface area contributed by atoms with Crippen molar-refractivity contribution in [1.82, 2.24) is 4.90 Å². The molecule has 0 unspecified atom stereocenters. The number of hydrogen-bond donors (Lipinski definition) is 0. The standard InChI is InChI=1S/C14H21N2O/c1-2-13-8-4-7-11-16(13)14(17)12-15-9-5-3-6-10-15/h3,5-6,9-10,13H,2,4,7-8,11-12H2,1H3/q+1/t13-/m1/s1. The maximum atomic E-state index is 12.2. The summed E-state index contributed by atoms with van der Waals surface area (Å²) in [5.74, 6) is 0.257. The lowest BCUT2D eigenvalue weighted by atomic mass is 10.00. The van der Waals surface area contributed by atoms with Gasteiger partial charge in [0.2, 0.25) is 6.54 Å². The summed E-state index contributed by atoms with van der Waals surface area (Å²) < 4.78 is 1.95. The number of likely N-dealkylation sites (tertiary alicyclic amines) is 1. The summed E-state index contributed by atoms with van der Waals surface area (Å²) in [6.07, 6.45) is 8.56. The van der Waals surface area contributed by atoms with Gasteiger partial charge in [-0.05, 0) is 25.7 Å². The highest BCUT2D eigenvalue weighted by molar-refractivity contribution is 5.75. The second kappa shape index (κ2) is 5.80. The average molecular weight is 233 g/mol. The molecule has 1 aliphatic heterocycles. The van der Waals surface area contributed by atoms with Gasteiger partial charge >= 0.3 is 0 Å². The largest absolute Gasteiger partial charge is 0.334 e. The number of amides is 1. The van der Waals surface area contributed by atoms with Gasteiger partial charge in [-0.1, -0.05) is 13.0 Å². The van der Waals surface area contributed by atoms with Crippen LogP contribution >= 0.6 is 0 Å². The summed E-state index contributed by atoms with van der Waals surface area (Å²) in [5.41, 5.74) is 0. The third-order valence-electron chi connectivity index (χ3n) is 3.51. The van der Waals surface area contributed by atoms with Gasteiger partial charge < -0.3 is 4.90 Å². The first-order chi connectivity index (χ1) is 8.31. The zero-order valence-corrected chi connectivity index (χ0v) is 10.5. The molecule has 0 saturated carbocycles. The lowest BCUT2D eigenvalue weighted by molar-refractivity contribution is -0.685. The smallest absolute Gasteiger partial charge is 0.288 e. The topological polar surface area (TPSA) is 24.2 Å². The fourth-order valence-electron chi connectivity index (χ4n) is 2.54. The van der Waals surface area contributed by atoms with E-state index >= 15 is 0 Å². The highest BCUT2D eigenvalue weighted by atomic mass is 16.2. The van der Waals surface area contributed by atoms with Crippen molar-refractivity contribution in [3.63, 3.8) is 0 Å². The minimum absolute atomic E-state index is 0.257. The van der Waals surface area contributed by atoms with Gasteiger partial charge in [0.1, 0.15) is 0 Å². The normalized spacial score (nSPS) is 20.3. The number of carbonyl (C=O) groups is 1. The van der Waals surface area contributed by atoms with Crippen LogP contribution < -0.4 is 4.57 Å². The van der Waals surface area contributed by atoms with Crippen LogP contribution in [0.5, 0.6) is 0 Å². The molecule has 3 heteroatoms. The molecule has 2 rings (SSSR count). The number of carbonyl (C=O) groups excluding carboxylic acids is 1. The third kappa shape index (κ3) is 3.05. The van der Waals surface area contributed by atoms with Crippen LogP contribution in [0.4, 0.5) is 0 Å². The summed E-state index contributed by atoms with van der Waals surface area (Å²) in [4.78, 5) is 14.3. The second-order valence-corrected chi connectivity index (χ2v) is 4.69. The van der Waals surface area contributed by atoms with Gasteiger partial charge in [0.25, 0.3) is 5.91 Å². The lowest BCUT2D eigenvalue weighted by Gasteiger charge is -2.34. The maximum Gasteiger partial charge on any atom is 0.288 e. The SMILES string of the molecule is CC[C@@H]1CCCCN1C(=O)C[n+]1ccccc1. The zero-order chi connectivity index (χ0) is 12.1. The Morgan fingerprint density at radius 3 is 2.76 bits per heavy atom. The molecular formula is C14H21N2O+. The molecule has 0 aromatic carbocycles. The molecule has 0 aliphatic carbocycles. The molecule has 92 valence electrons. The number of aromatic nitrogens is 1. The predicted octanol–water partition coefficient (Wildman–Crippen LogP) is 1.77. The van der Waals surface area contributed by atoms with E-state index in [4.69, 9.17) is 0 Å². The molecule has 1 aromatic heterocycles. The first-order valence-electron chi connectivity index (χ1n) is 6.55. The van der Waals surface area contributed by atoms with Crippen molar-refractivity contribution in [3.8, 4) is 0 Å². The summed E-state index contributed by atoms with van der Waals surface area (Å²) in [7, 11) is 0. The maximum absolute atomic E-state index is 12.2. The van der Waals surface area contributed by atoms with E-state index in [-0.39, 0.29) is 5.91 Å². The van der Waals surface area contributed by atoms with Gasteiger partial charge in [-0.3, -0.25) is 4.79 Å². The second-order valence-electron chi connectivity index (χ2n) is 4.69. The summed E-state index contributed by atoms with van der Waals surface area (Å²) in [6.45, 7) is 3.58. The summed E-state index contributed by atoms with van der Waals surface area (Å²) in [5, 5.41) is 0. The van der Waals surface area contributed by atoms with Crippen LogP contribution in [0.25, 0.3) is 0 Å². The Bertz CT molecular complexity index is 364. The molecule has 0 bridgehead atoms. The average Bonchev–Trinajstić information content (AvgIpc) is 2.40. The monoisotopic (exact) mass is 233 g/mol. The molecule has 0 spiro atoms. The number of nitrogens with zero attached hydrogens (tertiary/aromatic N) is 2. The van der Waals surface area contributed by atoms with Crippen molar-refractivity contribution in [2.45, 2.75) is 45.2 Å². The Morgan fingerprint density at radius 1 is 1.29 bits per heavy atom. The number of piperidine rings is 1. The quantitative estimate of drug-likeness (QED) is 0.730. The van der Waals surface area contributed by atoms with Crippen LogP contribution in [0.15, 0.2) is 30.6 Å². The molecule has 1 aliphatic rings. The van der Waals surface area contributed by atoms with Gasteiger partial charge in [-0.2, -0.15) is 4.57 Å². The first kappa shape index (κ1) is 12.1. The van der Waals surface area contributed by atoms with Crippen molar-refractivity contribution in [3.05, 3.63) is 30.6 Å². The molecular weight excluding hydrogens is 212 g/mol. The highest BCUT2D eigenvalue weighted by Crippen LogP contribution is 2.19. The Morgan fingerprint density at radius 2 is 2.06 bits per heavy atom. The van der Waals surface area contributed by atoms with Crippen LogP contribution in [0.2, 0.25) is 0 Å². The van der Waals surface area contributed by atoms with Crippen LogP contribution in [-0.4, -0.2) is 23.4 Å². The number of pyridine rings is 1. The van der Waals surface area contributed by atoms with E-state index in [0.29, 0.717) is 12.6 Å². The van der Waals surface area contributed by atoms with Crippen molar-refractivity contribution in [2.75, 3.05) is 6.54 Å². The van der Waals surface area contributed by atoms with Gasteiger partial charge in [0.15, 0.2) is 12.4 Å². The fraction of sp³-hybridized carbons (Fsp3) is 0.571. The van der Waals surface area contributed by atoms with Gasteiger partial charge in [-0.25, -0.2) is 0 Å². The van der Waals surface area contributed by atoms with E-state index in [2.05, 4.69) is 11.8 Å². The molecule has 0 radical (unpaired) electrons. The molecule has 3 nitrogen and oxygen atoms in total. The zero-order valence-electron chi connectivity index (χ0n) is 10.5. The predicted molar refractivity (Wildman–Crippen MR) is 66.3 cm³/mol. The van der Waals surface area contributed by atoms with Gasteiger partial charge in [0.05, 0.1) is 0 Å². The van der Waals surface area contributed by atoms with E-state index in [9.17, 15) is 4.79 Å². The fourth-order valence-corrected chi connectivity index (χ4v) is 2.54. The molecule has 1 aromatic rings. The molecule has 0 N–H and O–H groups in total. The Balaban J connectivity index is 1.99. The summed E-state index contributed by atoms with van der Waals surface area (Å²) >= 11 is 0. The molecule has 1 fully saturated rings. The summed E-state index contributed by atoms with van der Waals surface area (Å²) in [6, 6.07) is 6.35. The van der Waals surface area contributed by atoms with E-state index < -0.39 is 0 Å². The van der Waals surface area contributed by atoms with E-state index in [1.807, 2.05) is 35.2 Å². The lowest BCUT2D eigenvalue weighted by Crippen LogP contribution is -2.49. The number of hydrogen-bond acceptors (Lipinski definition) is 1. The third-order valence-corrected chi connectivity index (χ3v) is 3.51. The van der Waals surface area contributed by atoms with Crippen LogP contribution in [-0.2, 0) is 11.3 Å². The van der Waals surface area contributed by atoms with Crippen molar-refractivity contribution in [1.29, 1.82) is 0 Å². The first-order valence-corrected chi connectivity index (χ1v) is 6.55. The number of rotatable bonds is 3. The van der Waals surface area contributed by atoms with E-state index in [1.165, 1.54) is 12.8 Å². The molecule has 1 atom stereocenters. The van der Waals surface area contributed by atoms with Gasteiger partial charge in [-0.15, -0.1) is 0 Å². The minimum atomic E-state index is 0.257. The Labute approximate surface area is 103 Å². The molecule has 2 heterocycles.